The molecule has 0 bridgehead atoms. The van der Waals surface area contributed by atoms with Crippen molar-refractivity contribution in [1.29, 1.82) is 0 Å². The van der Waals surface area contributed by atoms with Crippen molar-refractivity contribution in [3.8, 4) is 5.75 Å². The fourth-order valence-electron chi connectivity index (χ4n) is 7.05. The number of allylic oxidation sites excluding steroid dienone is 1. The predicted molar refractivity (Wildman–Crippen MR) is 166 cm³/mol. The van der Waals surface area contributed by atoms with Gasteiger partial charge in [0, 0.05) is 23.3 Å². The van der Waals surface area contributed by atoms with Crippen LogP contribution < -0.4 is 15.4 Å². The third-order valence-electron chi connectivity index (χ3n) is 9.45. The number of nitrogens with one attached hydrogen (secondary N) is 2. The molecule has 11 heteroatoms. The zero-order chi connectivity index (χ0) is 32.0. The first-order chi connectivity index (χ1) is 21.4. The number of pyridine rings is 1. The monoisotopic (exact) mass is 618 g/mol. The highest BCUT2D eigenvalue weighted by Crippen LogP contribution is 2.47. The molecule has 3 amide bonds. The van der Waals surface area contributed by atoms with Gasteiger partial charge in [-0.25, -0.2) is 9.59 Å². The van der Waals surface area contributed by atoms with Crippen LogP contribution >= 0.6 is 0 Å². The Morgan fingerprint density at radius 3 is 2.73 bits per heavy atom. The largest absolute Gasteiger partial charge is 0.483 e. The number of hydrogen-bond acceptors (Lipinski definition) is 7. The van der Waals surface area contributed by atoms with Gasteiger partial charge in [-0.2, -0.15) is 0 Å². The second-order valence-corrected chi connectivity index (χ2v) is 13.9. The standard InChI is InChI=1S/C34H42N4O7/c1-32(2,3)45-31(43)36-25-14-8-6-4-5-7-11-21-17-34(21,30(41)42)37-28(39)26-18-33(20-38(26)29(25)40)16-15-23-22-12-9-10-13-24(22)35-19-27(23)44-33/h7,9-13,19,21,25-26H,4-6,8,14-18,20H2,1-3H3,(H,36,43)(H,37,39)(H,41,42)/t21-,25+,26+,33-,34-/m1/s1. The first-order valence-corrected chi connectivity index (χ1v) is 16.0. The number of aryl methyl sites for hydroxylation is 1. The lowest BCUT2D eigenvalue weighted by molar-refractivity contribution is -0.145. The summed E-state index contributed by atoms with van der Waals surface area (Å²) in [4.78, 5) is 59.7. The number of carbonyl (C=O) groups is 4. The molecular weight excluding hydrogens is 576 g/mol. The van der Waals surface area contributed by atoms with Crippen molar-refractivity contribution < 1.29 is 33.8 Å². The van der Waals surface area contributed by atoms with Crippen molar-refractivity contribution >= 4 is 34.8 Å². The molecule has 1 saturated carbocycles. The molecule has 1 saturated heterocycles. The molecule has 4 aliphatic rings. The molecule has 1 aromatic heterocycles. The minimum Gasteiger partial charge on any atom is -0.483 e. The van der Waals surface area contributed by atoms with Crippen LogP contribution in [-0.2, 0) is 25.5 Å². The summed E-state index contributed by atoms with van der Waals surface area (Å²) >= 11 is 0. The number of fused-ring (bicyclic) bond motifs is 5. The lowest BCUT2D eigenvalue weighted by Gasteiger charge is -2.36. The number of aliphatic carboxylic acids is 1. The topological polar surface area (TPSA) is 147 Å². The van der Waals surface area contributed by atoms with Crippen LogP contribution in [-0.4, -0.2) is 74.2 Å². The summed E-state index contributed by atoms with van der Waals surface area (Å²) in [6, 6.07) is 5.95. The van der Waals surface area contributed by atoms with Crippen molar-refractivity contribution in [1.82, 2.24) is 20.5 Å². The Morgan fingerprint density at radius 1 is 1.16 bits per heavy atom. The highest BCUT2D eigenvalue weighted by molar-refractivity contribution is 5.96. The summed E-state index contributed by atoms with van der Waals surface area (Å²) < 4.78 is 12.1. The molecule has 0 radical (unpaired) electrons. The van der Waals surface area contributed by atoms with Crippen LogP contribution in [0.4, 0.5) is 4.79 Å². The molecular formula is C34H42N4O7. The molecule has 4 heterocycles. The number of hydrogen-bond donors (Lipinski definition) is 3. The Bertz CT molecular complexity index is 1550. The zero-order valence-electron chi connectivity index (χ0n) is 26.1. The van der Waals surface area contributed by atoms with Crippen molar-refractivity contribution in [2.45, 2.75) is 107 Å². The number of carboxylic acids is 1. The number of amides is 3. The van der Waals surface area contributed by atoms with E-state index in [0.29, 0.717) is 37.9 Å². The van der Waals surface area contributed by atoms with Gasteiger partial charge in [0.25, 0.3) is 0 Å². The smallest absolute Gasteiger partial charge is 0.408 e. The molecule has 1 aromatic carbocycles. The summed E-state index contributed by atoms with van der Waals surface area (Å²) in [6.45, 7) is 5.38. The zero-order valence-corrected chi connectivity index (χ0v) is 26.1. The van der Waals surface area contributed by atoms with E-state index in [1.54, 1.807) is 27.0 Å². The molecule has 0 unspecified atom stereocenters. The quantitative estimate of drug-likeness (QED) is 0.423. The van der Waals surface area contributed by atoms with Crippen LogP contribution in [0.15, 0.2) is 42.6 Å². The summed E-state index contributed by atoms with van der Waals surface area (Å²) in [5, 5.41) is 16.7. The molecule has 1 aliphatic carbocycles. The third kappa shape index (κ3) is 6.21. The summed E-state index contributed by atoms with van der Waals surface area (Å²) in [5.74, 6) is -1.73. The average Bonchev–Trinajstić information content (AvgIpc) is 3.56. The lowest BCUT2D eigenvalue weighted by Crippen LogP contribution is -2.56. The van der Waals surface area contributed by atoms with Gasteiger partial charge in [-0.05, 0) is 65.4 Å². The molecule has 1 spiro atoms. The normalized spacial score (nSPS) is 30.2. The van der Waals surface area contributed by atoms with Crippen molar-refractivity contribution in [2.75, 3.05) is 6.54 Å². The van der Waals surface area contributed by atoms with Crippen LogP contribution in [0.1, 0.15) is 77.7 Å². The van der Waals surface area contributed by atoms with E-state index < -0.39 is 52.7 Å². The number of carboxylic acid groups (broad SMARTS) is 1. The number of aromatic nitrogens is 1. The average molecular weight is 619 g/mol. The maximum Gasteiger partial charge on any atom is 0.408 e. The van der Waals surface area contributed by atoms with Gasteiger partial charge in [-0.15, -0.1) is 0 Å². The van der Waals surface area contributed by atoms with Crippen LogP contribution in [0.3, 0.4) is 0 Å². The number of rotatable bonds is 2. The lowest BCUT2D eigenvalue weighted by atomic mass is 9.87. The minimum atomic E-state index is -1.41. The Labute approximate surface area is 262 Å². The van der Waals surface area contributed by atoms with Crippen molar-refractivity contribution in [3.05, 3.63) is 48.2 Å². The van der Waals surface area contributed by atoms with Crippen LogP contribution in [0, 0.1) is 5.92 Å². The fraction of sp³-hybridized carbons (Fsp3) is 0.559. The van der Waals surface area contributed by atoms with Gasteiger partial charge in [-0.3, -0.25) is 14.6 Å². The first kappa shape index (κ1) is 30.9. The van der Waals surface area contributed by atoms with Gasteiger partial charge in [0.1, 0.15) is 34.6 Å². The van der Waals surface area contributed by atoms with Gasteiger partial charge in [-0.1, -0.05) is 43.2 Å². The minimum absolute atomic E-state index is 0.117. The maximum atomic E-state index is 14.3. The number of benzene rings is 1. The van der Waals surface area contributed by atoms with E-state index in [-0.39, 0.29) is 18.9 Å². The highest BCUT2D eigenvalue weighted by atomic mass is 16.6. The SMILES string of the molecule is CC(C)(C)OC(=O)N[C@H]1CCCCCC=C[C@@H]2C[C@@]2(C(=O)O)NC(=O)[C@@H]2C[C@]3(CCc4c(cnc5ccccc45)O3)CN2C1=O. The molecule has 11 nitrogen and oxygen atoms in total. The Kier molecular flexibility index (Phi) is 7.99. The first-order valence-electron chi connectivity index (χ1n) is 16.0. The number of nitrogens with zero attached hydrogens (tertiary/aromatic N) is 2. The number of carbonyl (C=O) groups excluding carboxylic acids is 3. The molecule has 6 rings (SSSR count). The summed E-state index contributed by atoms with van der Waals surface area (Å²) in [7, 11) is 0. The van der Waals surface area contributed by atoms with Crippen molar-refractivity contribution in [3.63, 3.8) is 0 Å². The molecule has 2 aromatic rings. The summed E-state index contributed by atoms with van der Waals surface area (Å²) in [6.07, 6.45) is 10.1. The van der Waals surface area contributed by atoms with Gasteiger partial charge < -0.3 is 30.1 Å². The third-order valence-corrected chi connectivity index (χ3v) is 9.45. The van der Waals surface area contributed by atoms with Gasteiger partial charge >= 0.3 is 12.1 Å². The molecule has 240 valence electrons. The Hall–Kier alpha value is -4.15. The maximum absolute atomic E-state index is 14.3. The highest BCUT2D eigenvalue weighted by Gasteiger charge is 2.62. The fourth-order valence-corrected chi connectivity index (χ4v) is 7.05. The van der Waals surface area contributed by atoms with Crippen LogP contribution in [0.5, 0.6) is 5.75 Å². The van der Waals surface area contributed by atoms with Crippen LogP contribution in [0.25, 0.3) is 10.9 Å². The Morgan fingerprint density at radius 2 is 1.96 bits per heavy atom. The number of para-hydroxylation sites is 1. The molecule has 3 N–H and O–H groups in total. The molecule has 45 heavy (non-hydrogen) atoms. The number of alkyl carbamates (subject to hydrolysis) is 1. The van der Waals surface area contributed by atoms with E-state index in [1.165, 1.54) is 4.90 Å². The molecule has 2 fully saturated rings. The van der Waals surface area contributed by atoms with E-state index in [1.807, 2.05) is 36.4 Å². The van der Waals surface area contributed by atoms with E-state index in [0.717, 1.165) is 35.7 Å². The second-order valence-electron chi connectivity index (χ2n) is 13.9. The van der Waals surface area contributed by atoms with Gasteiger partial charge in [0.05, 0.1) is 18.3 Å². The van der Waals surface area contributed by atoms with Gasteiger partial charge in [0.15, 0.2) is 0 Å². The molecule has 5 atom stereocenters. The summed E-state index contributed by atoms with van der Waals surface area (Å²) in [5.41, 5.74) is -1.14. The molecule has 3 aliphatic heterocycles. The predicted octanol–water partition coefficient (Wildman–Crippen LogP) is 4.27. The van der Waals surface area contributed by atoms with E-state index in [2.05, 4.69) is 15.6 Å². The number of ether oxygens (including phenoxy) is 2. The van der Waals surface area contributed by atoms with E-state index in [9.17, 15) is 24.3 Å². The van der Waals surface area contributed by atoms with Gasteiger partial charge in [0.2, 0.25) is 11.8 Å². The van der Waals surface area contributed by atoms with Crippen LogP contribution in [0.2, 0.25) is 0 Å². The second kappa shape index (κ2) is 11.7. The van der Waals surface area contributed by atoms with E-state index >= 15 is 0 Å². The van der Waals surface area contributed by atoms with Crippen molar-refractivity contribution in [2.24, 2.45) is 5.92 Å². The van der Waals surface area contributed by atoms with E-state index in [4.69, 9.17) is 9.47 Å². The Balaban J connectivity index is 1.33.